The van der Waals surface area contributed by atoms with Gasteiger partial charge in [0.25, 0.3) is 5.91 Å². The van der Waals surface area contributed by atoms with Gasteiger partial charge in [-0.15, -0.1) is 0 Å². The summed E-state index contributed by atoms with van der Waals surface area (Å²) in [5.74, 6) is 1.97. The molecule has 2 aliphatic heterocycles. The van der Waals surface area contributed by atoms with E-state index < -0.39 is 0 Å². The first-order valence-electron chi connectivity index (χ1n) is 9.54. The first kappa shape index (κ1) is 16.7. The summed E-state index contributed by atoms with van der Waals surface area (Å²) in [5.41, 5.74) is 2.12. The van der Waals surface area contributed by atoms with Crippen LogP contribution in [0.2, 0.25) is 0 Å². The van der Waals surface area contributed by atoms with Crippen molar-refractivity contribution in [2.45, 2.75) is 38.2 Å². The Bertz CT molecular complexity index is 878. The van der Waals surface area contributed by atoms with Gasteiger partial charge < -0.3 is 19.5 Å². The molecule has 2 aromatic rings. The van der Waals surface area contributed by atoms with Crippen LogP contribution in [0.1, 0.15) is 46.8 Å². The zero-order chi connectivity index (χ0) is 18.4. The van der Waals surface area contributed by atoms with Crippen molar-refractivity contribution in [3.05, 3.63) is 35.0 Å². The van der Waals surface area contributed by atoms with Crippen LogP contribution in [0.25, 0.3) is 0 Å². The van der Waals surface area contributed by atoms with Gasteiger partial charge in [-0.05, 0) is 32.1 Å². The molecule has 2 fully saturated rings. The van der Waals surface area contributed by atoms with Crippen molar-refractivity contribution in [1.82, 2.24) is 20.0 Å². The first-order valence-corrected chi connectivity index (χ1v) is 9.54. The Balaban J connectivity index is 1.39. The third-order valence-electron chi connectivity index (χ3n) is 5.74. The zero-order valence-corrected chi connectivity index (χ0v) is 15.4. The standard InChI is InChI=1S/C19H23N5O3/c1-12-6-15(23-27-12)17(25)24-5-4-19(10-24)11-26-9-14-8-21-18(22-16(14)19)20-7-13-2-3-13/h6,8,13H,2-5,7,9-11H2,1H3,(H,20,21,22)/t19-/m1/s1. The summed E-state index contributed by atoms with van der Waals surface area (Å²) in [6.07, 6.45) is 5.26. The number of carbonyl (C=O) groups is 1. The minimum absolute atomic E-state index is 0.100. The first-order chi connectivity index (χ1) is 13.1. The number of carbonyl (C=O) groups excluding carboxylic acids is 1. The molecule has 1 atom stereocenters. The maximum atomic E-state index is 12.8. The maximum Gasteiger partial charge on any atom is 0.276 e. The number of aryl methyl sites for hydroxylation is 1. The topological polar surface area (TPSA) is 93.4 Å². The lowest BCUT2D eigenvalue weighted by Crippen LogP contribution is -2.41. The summed E-state index contributed by atoms with van der Waals surface area (Å²) in [4.78, 5) is 23.9. The summed E-state index contributed by atoms with van der Waals surface area (Å²) in [6.45, 7) is 5.04. The van der Waals surface area contributed by atoms with Gasteiger partial charge in [0.1, 0.15) is 5.76 Å². The van der Waals surface area contributed by atoms with Crippen molar-refractivity contribution < 1.29 is 14.1 Å². The van der Waals surface area contributed by atoms with Gasteiger partial charge >= 0.3 is 0 Å². The van der Waals surface area contributed by atoms with Crippen LogP contribution in [0.5, 0.6) is 0 Å². The minimum atomic E-state index is -0.277. The van der Waals surface area contributed by atoms with E-state index in [0.29, 0.717) is 43.7 Å². The fourth-order valence-corrected chi connectivity index (χ4v) is 4.03. The molecule has 4 heterocycles. The maximum absolute atomic E-state index is 12.8. The molecule has 0 aromatic carbocycles. The Morgan fingerprint density at radius 1 is 1.44 bits per heavy atom. The average Bonchev–Trinajstić information content (AvgIpc) is 3.26. The third-order valence-corrected chi connectivity index (χ3v) is 5.74. The van der Waals surface area contributed by atoms with E-state index in [0.717, 1.165) is 30.1 Å². The molecule has 2 aromatic heterocycles. The second-order valence-electron chi connectivity index (χ2n) is 7.96. The number of nitrogens with one attached hydrogen (secondary N) is 1. The number of hydrogen-bond donors (Lipinski definition) is 1. The van der Waals surface area contributed by atoms with Gasteiger partial charge in [-0.3, -0.25) is 4.79 Å². The summed E-state index contributed by atoms with van der Waals surface area (Å²) in [7, 11) is 0. The summed E-state index contributed by atoms with van der Waals surface area (Å²) in [6, 6.07) is 1.68. The van der Waals surface area contributed by atoms with Crippen molar-refractivity contribution in [3.63, 3.8) is 0 Å². The molecule has 1 N–H and O–H groups in total. The molecule has 0 radical (unpaired) electrons. The van der Waals surface area contributed by atoms with Gasteiger partial charge in [0.2, 0.25) is 5.95 Å². The van der Waals surface area contributed by atoms with Crippen molar-refractivity contribution in [2.75, 3.05) is 31.6 Å². The molecule has 27 heavy (non-hydrogen) atoms. The summed E-state index contributed by atoms with van der Waals surface area (Å²) in [5, 5.41) is 7.23. The molecule has 1 aliphatic carbocycles. The molecule has 0 bridgehead atoms. The molecule has 142 valence electrons. The lowest BCUT2D eigenvalue weighted by Gasteiger charge is -2.34. The number of likely N-dealkylation sites (tertiary alicyclic amines) is 1. The molecule has 8 nitrogen and oxygen atoms in total. The van der Waals surface area contributed by atoms with Crippen LogP contribution in [0.3, 0.4) is 0 Å². The molecule has 5 rings (SSSR count). The number of hydrogen-bond acceptors (Lipinski definition) is 7. The number of anilines is 1. The van der Waals surface area contributed by atoms with E-state index in [1.165, 1.54) is 12.8 Å². The molecule has 1 spiro atoms. The van der Waals surface area contributed by atoms with E-state index in [2.05, 4.69) is 15.5 Å². The smallest absolute Gasteiger partial charge is 0.276 e. The Morgan fingerprint density at radius 2 is 2.33 bits per heavy atom. The van der Waals surface area contributed by atoms with Crippen LogP contribution >= 0.6 is 0 Å². The van der Waals surface area contributed by atoms with Crippen molar-refractivity contribution in [1.29, 1.82) is 0 Å². The van der Waals surface area contributed by atoms with Gasteiger partial charge in [-0.25, -0.2) is 9.97 Å². The second kappa shape index (κ2) is 6.30. The van der Waals surface area contributed by atoms with E-state index in [9.17, 15) is 4.79 Å². The largest absolute Gasteiger partial charge is 0.376 e. The van der Waals surface area contributed by atoms with E-state index >= 15 is 0 Å². The van der Waals surface area contributed by atoms with Crippen LogP contribution in [-0.4, -0.2) is 52.2 Å². The van der Waals surface area contributed by atoms with Gasteiger partial charge in [0.15, 0.2) is 5.69 Å². The van der Waals surface area contributed by atoms with Crippen LogP contribution in [0.4, 0.5) is 5.95 Å². The number of nitrogens with zero attached hydrogens (tertiary/aromatic N) is 4. The van der Waals surface area contributed by atoms with Crippen molar-refractivity contribution >= 4 is 11.9 Å². The Kier molecular flexibility index (Phi) is 3.89. The van der Waals surface area contributed by atoms with Crippen LogP contribution < -0.4 is 5.32 Å². The molecule has 1 saturated carbocycles. The fourth-order valence-electron chi connectivity index (χ4n) is 4.03. The van der Waals surface area contributed by atoms with E-state index in [-0.39, 0.29) is 11.3 Å². The van der Waals surface area contributed by atoms with Gasteiger partial charge in [-0.2, -0.15) is 0 Å². The van der Waals surface area contributed by atoms with Gasteiger partial charge in [0.05, 0.1) is 24.3 Å². The molecule has 1 amide bonds. The predicted octanol–water partition coefficient (Wildman–Crippen LogP) is 1.91. The molecular formula is C19H23N5O3. The molecule has 3 aliphatic rings. The highest BCUT2D eigenvalue weighted by Crippen LogP contribution is 2.39. The highest BCUT2D eigenvalue weighted by Gasteiger charge is 2.46. The number of aromatic nitrogens is 3. The molecule has 1 saturated heterocycles. The number of ether oxygens (including phenoxy) is 1. The number of rotatable bonds is 4. The zero-order valence-electron chi connectivity index (χ0n) is 15.4. The molecular weight excluding hydrogens is 346 g/mol. The highest BCUT2D eigenvalue weighted by molar-refractivity contribution is 5.92. The summed E-state index contributed by atoms with van der Waals surface area (Å²) < 4.78 is 10.9. The molecule has 0 unspecified atom stereocenters. The number of amides is 1. The van der Waals surface area contributed by atoms with E-state index in [1.54, 1.807) is 13.0 Å². The third kappa shape index (κ3) is 3.07. The highest BCUT2D eigenvalue weighted by atomic mass is 16.5. The minimum Gasteiger partial charge on any atom is -0.376 e. The fraction of sp³-hybridized carbons (Fsp3) is 0.579. The molecule has 8 heteroatoms. The van der Waals surface area contributed by atoms with Gasteiger partial charge in [-0.1, -0.05) is 5.16 Å². The normalized spacial score (nSPS) is 24.3. The average molecular weight is 369 g/mol. The monoisotopic (exact) mass is 369 g/mol. The van der Waals surface area contributed by atoms with E-state index in [1.807, 2.05) is 11.1 Å². The Morgan fingerprint density at radius 3 is 3.11 bits per heavy atom. The van der Waals surface area contributed by atoms with E-state index in [4.69, 9.17) is 14.2 Å². The van der Waals surface area contributed by atoms with Crippen LogP contribution in [0, 0.1) is 12.8 Å². The van der Waals surface area contributed by atoms with Crippen molar-refractivity contribution in [3.8, 4) is 0 Å². The predicted molar refractivity (Wildman–Crippen MR) is 96.3 cm³/mol. The second-order valence-corrected chi connectivity index (χ2v) is 7.96. The quantitative estimate of drug-likeness (QED) is 0.880. The SMILES string of the molecule is Cc1cc(C(=O)N2CC[C@]3(COCc4cnc(NCC5CC5)nc43)C2)no1. The Labute approximate surface area is 157 Å². The van der Waals surface area contributed by atoms with Crippen LogP contribution in [0.15, 0.2) is 16.8 Å². The number of fused-ring (bicyclic) bond motifs is 2. The lowest BCUT2D eigenvalue weighted by molar-refractivity contribution is 0.0483. The lowest BCUT2D eigenvalue weighted by atomic mass is 9.80. The Hall–Kier alpha value is -2.48. The van der Waals surface area contributed by atoms with Crippen LogP contribution in [-0.2, 0) is 16.8 Å². The van der Waals surface area contributed by atoms with Crippen molar-refractivity contribution in [2.24, 2.45) is 5.92 Å². The summed E-state index contributed by atoms with van der Waals surface area (Å²) >= 11 is 0. The van der Waals surface area contributed by atoms with Gasteiger partial charge in [0, 0.05) is 37.5 Å².